The Kier molecular flexibility index (Phi) is 7.14. The second-order valence-corrected chi connectivity index (χ2v) is 7.51. The topological polar surface area (TPSA) is 88.2 Å². The van der Waals surface area contributed by atoms with Crippen LogP contribution in [0.5, 0.6) is 11.5 Å². The molecule has 0 bridgehead atoms. The lowest BCUT2D eigenvalue weighted by molar-refractivity contribution is -0.119. The maximum Gasteiger partial charge on any atom is 0.254 e. The van der Waals surface area contributed by atoms with E-state index in [1.807, 2.05) is 6.92 Å². The van der Waals surface area contributed by atoms with Gasteiger partial charge in [-0.15, -0.1) is 0 Å². The van der Waals surface area contributed by atoms with E-state index in [-0.39, 0.29) is 36.7 Å². The van der Waals surface area contributed by atoms with Crippen molar-refractivity contribution in [3.05, 3.63) is 60.7 Å². The molecule has 0 aliphatic carbocycles. The molecule has 168 valence electrons. The number of likely N-dealkylation sites (N-methyl/N-ethyl adjacent to an activating group) is 1. The highest BCUT2D eigenvalue weighted by Crippen LogP contribution is 2.32. The number of para-hydroxylation sites is 2. The van der Waals surface area contributed by atoms with Crippen molar-refractivity contribution >= 4 is 29.1 Å². The summed E-state index contributed by atoms with van der Waals surface area (Å²) in [6.45, 7) is 5.58. The number of hydrogen-bond donors (Lipinski definition) is 1. The number of anilines is 2. The maximum atomic E-state index is 13.2. The van der Waals surface area contributed by atoms with Crippen LogP contribution in [0.3, 0.4) is 0 Å². The molecule has 32 heavy (non-hydrogen) atoms. The third kappa shape index (κ3) is 4.91. The van der Waals surface area contributed by atoms with Crippen molar-refractivity contribution in [1.29, 1.82) is 0 Å². The summed E-state index contributed by atoms with van der Waals surface area (Å²) in [4.78, 5) is 41.3. The molecule has 3 amide bonds. The molecule has 0 spiro atoms. The van der Waals surface area contributed by atoms with Crippen molar-refractivity contribution < 1.29 is 23.9 Å². The largest absolute Gasteiger partial charge is 0.493 e. The highest BCUT2D eigenvalue weighted by Gasteiger charge is 2.30. The molecule has 2 aromatic rings. The fourth-order valence-electron chi connectivity index (χ4n) is 3.61. The Labute approximate surface area is 187 Å². The lowest BCUT2D eigenvalue weighted by Gasteiger charge is -2.29. The van der Waals surface area contributed by atoms with E-state index in [0.29, 0.717) is 35.0 Å². The molecular weight excluding hydrogens is 410 g/mol. The first kappa shape index (κ1) is 22.9. The highest BCUT2D eigenvalue weighted by molar-refractivity contribution is 6.06. The molecule has 8 heteroatoms. The van der Waals surface area contributed by atoms with E-state index >= 15 is 0 Å². The molecule has 1 aliphatic heterocycles. The van der Waals surface area contributed by atoms with Crippen LogP contribution in [0.1, 0.15) is 23.7 Å². The third-order valence-electron chi connectivity index (χ3n) is 5.11. The van der Waals surface area contributed by atoms with Gasteiger partial charge in [-0.2, -0.15) is 0 Å². The fraction of sp³-hybridized carbons (Fsp3) is 0.292. The zero-order chi connectivity index (χ0) is 23.3. The molecule has 3 rings (SSSR count). The van der Waals surface area contributed by atoms with Crippen LogP contribution in [0.2, 0.25) is 0 Å². The van der Waals surface area contributed by atoms with Gasteiger partial charge in [0.2, 0.25) is 11.8 Å². The number of ether oxygens (including phenoxy) is 2. The molecule has 0 fully saturated rings. The number of hydrogen-bond acceptors (Lipinski definition) is 5. The van der Waals surface area contributed by atoms with Gasteiger partial charge in [0.25, 0.3) is 5.91 Å². The van der Waals surface area contributed by atoms with Crippen LogP contribution in [0.15, 0.2) is 55.1 Å². The molecule has 0 saturated heterocycles. The van der Waals surface area contributed by atoms with Crippen LogP contribution in [-0.4, -0.2) is 56.0 Å². The van der Waals surface area contributed by atoms with Gasteiger partial charge in [-0.05, 0) is 37.3 Å². The first-order chi connectivity index (χ1) is 15.3. The summed E-state index contributed by atoms with van der Waals surface area (Å²) in [5.41, 5.74) is 1.55. The molecule has 0 aromatic heterocycles. The van der Waals surface area contributed by atoms with Gasteiger partial charge in [-0.3, -0.25) is 14.4 Å². The van der Waals surface area contributed by atoms with Crippen LogP contribution in [0.25, 0.3) is 0 Å². The zero-order valence-electron chi connectivity index (χ0n) is 18.5. The summed E-state index contributed by atoms with van der Waals surface area (Å²) < 4.78 is 10.8. The smallest absolute Gasteiger partial charge is 0.254 e. The lowest BCUT2D eigenvalue weighted by atomic mass is 10.1. The molecule has 1 atom stereocenters. The number of nitrogens with one attached hydrogen (secondary N) is 1. The third-order valence-corrected chi connectivity index (χ3v) is 5.11. The summed E-state index contributed by atoms with van der Waals surface area (Å²) in [7, 11) is 3.05. The second kappa shape index (κ2) is 10.00. The average Bonchev–Trinajstić information content (AvgIpc) is 2.90. The predicted octanol–water partition coefficient (Wildman–Crippen LogP) is 3.10. The maximum absolute atomic E-state index is 13.2. The van der Waals surface area contributed by atoms with Crippen molar-refractivity contribution in [3.63, 3.8) is 0 Å². The van der Waals surface area contributed by atoms with E-state index in [9.17, 15) is 14.4 Å². The number of benzene rings is 2. The SMILES string of the molecule is C=CCOc1ccc(C(=O)N(C)CC(=O)N2c3ccccc3NC(=O)CC2C)cc1OC. The summed E-state index contributed by atoms with van der Waals surface area (Å²) in [5, 5.41) is 2.83. The number of amides is 3. The number of methoxy groups -OCH3 is 1. The van der Waals surface area contributed by atoms with Gasteiger partial charge in [0.15, 0.2) is 11.5 Å². The molecule has 2 aromatic carbocycles. The Bertz CT molecular complexity index is 1040. The molecular formula is C24H27N3O5. The van der Waals surface area contributed by atoms with Crippen LogP contribution < -0.4 is 19.7 Å². The molecule has 1 N–H and O–H groups in total. The Hall–Kier alpha value is -3.81. The monoisotopic (exact) mass is 437 g/mol. The van der Waals surface area contributed by atoms with E-state index in [1.165, 1.54) is 12.0 Å². The van der Waals surface area contributed by atoms with Gasteiger partial charge in [0.1, 0.15) is 13.2 Å². The number of rotatable bonds is 7. The van der Waals surface area contributed by atoms with Crippen LogP contribution >= 0.6 is 0 Å². The van der Waals surface area contributed by atoms with Gasteiger partial charge in [0, 0.05) is 25.1 Å². The minimum Gasteiger partial charge on any atom is -0.493 e. The van der Waals surface area contributed by atoms with E-state index in [2.05, 4.69) is 11.9 Å². The summed E-state index contributed by atoms with van der Waals surface area (Å²) >= 11 is 0. The molecule has 8 nitrogen and oxygen atoms in total. The first-order valence-electron chi connectivity index (χ1n) is 10.2. The Morgan fingerprint density at radius 1 is 1.25 bits per heavy atom. The molecule has 1 aliphatic rings. The Balaban J connectivity index is 1.78. The number of carbonyl (C=O) groups excluding carboxylic acids is 3. The quantitative estimate of drug-likeness (QED) is 0.673. The fourth-order valence-corrected chi connectivity index (χ4v) is 3.61. The summed E-state index contributed by atoms with van der Waals surface area (Å²) in [6.07, 6.45) is 1.78. The number of fused-ring (bicyclic) bond motifs is 1. The van der Waals surface area contributed by atoms with E-state index < -0.39 is 0 Å². The molecule has 1 unspecified atom stereocenters. The second-order valence-electron chi connectivity index (χ2n) is 7.51. The van der Waals surface area contributed by atoms with Gasteiger partial charge in [0.05, 0.1) is 18.5 Å². The van der Waals surface area contributed by atoms with Crippen molar-refractivity contribution in [3.8, 4) is 11.5 Å². The van der Waals surface area contributed by atoms with E-state index in [4.69, 9.17) is 9.47 Å². The van der Waals surface area contributed by atoms with Crippen molar-refractivity contribution in [2.45, 2.75) is 19.4 Å². The minimum absolute atomic E-state index is 0.150. The average molecular weight is 437 g/mol. The van der Waals surface area contributed by atoms with Crippen molar-refractivity contribution in [2.75, 3.05) is 37.5 Å². The Morgan fingerprint density at radius 2 is 2.00 bits per heavy atom. The first-order valence-corrected chi connectivity index (χ1v) is 10.2. The summed E-state index contributed by atoms with van der Waals surface area (Å²) in [5.74, 6) is 0.134. The van der Waals surface area contributed by atoms with Crippen molar-refractivity contribution in [1.82, 2.24) is 4.90 Å². The molecule has 0 saturated carbocycles. The van der Waals surface area contributed by atoms with Crippen LogP contribution in [0, 0.1) is 0 Å². The van der Waals surface area contributed by atoms with Gasteiger partial charge >= 0.3 is 0 Å². The normalized spacial score (nSPS) is 15.2. The standard InChI is InChI=1S/C24H27N3O5/c1-5-12-32-20-11-10-17(14-21(20)31-4)24(30)26(3)15-23(29)27-16(2)13-22(28)25-18-8-6-7-9-19(18)27/h5-11,14,16H,1,12-13,15H2,2-4H3,(H,25,28). The molecule has 1 heterocycles. The van der Waals surface area contributed by atoms with Crippen LogP contribution in [0.4, 0.5) is 11.4 Å². The van der Waals surface area contributed by atoms with Crippen molar-refractivity contribution in [2.24, 2.45) is 0 Å². The lowest BCUT2D eigenvalue weighted by Crippen LogP contribution is -2.45. The minimum atomic E-state index is -0.351. The highest BCUT2D eigenvalue weighted by atomic mass is 16.5. The number of carbonyl (C=O) groups is 3. The van der Waals surface area contributed by atoms with Gasteiger partial charge < -0.3 is 24.6 Å². The number of nitrogens with zero attached hydrogens (tertiary/aromatic N) is 2. The van der Waals surface area contributed by atoms with Gasteiger partial charge in [-0.25, -0.2) is 0 Å². The van der Waals surface area contributed by atoms with E-state index in [0.717, 1.165) is 0 Å². The predicted molar refractivity (Wildman–Crippen MR) is 122 cm³/mol. The van der Waals surface area contributed by atoms with Crippen LogP contribution in [-0.2, 0) is 9.59 Å². The zero-order valence-corrected chi connectivity index (χ0v) is 18.5. The molecule has 0 radical (unpaired) electrons. The van der Waals surface area contributed by atoms with E-state index in [1.54, 1.807) is 60.5 Å². The summed E-state index contributed by atoms with van der Waals surface area (Å²) in [6, 6.07) is 11.6. The van der Waals surface area contributed by atoms with Gasteiger partial charge in [-0.1, -0.05) is 24.8 Å². The Morgan fingerprint density at radius 3 is 2.72 bits per heavy atom.